The maximum Gasteiger partial charge on any atom is 0.358 e. The van der Waals surface area contributed by atoms with Crippen molar-refractivity contribution >= 4 is 21.9 Å². The highest BCUT2D eigenvalue weighted by Gasteiger charge is 2.13. The Morgan fingerprint density at radius 2 is 2.00 bits per heavy atom. The highest BCUT2D eigenvalue weighted by molar-refractivity contribution is 9.10. The van der Waals surface area contributed by atoms with Crippen LogP contribution in [0.3, 0.4) is 0 Å². The summed E-state index contributed by atoms with van der Waals surface area (Å²) in [5, 5.41) is 8.90. The molecule has 0 radical (unpaired) electrons. The largest absolute Gasteiger partial charge is 0.476 e. The van der Waals surface area contributed by atoms with Gasteiger partial charge in [-0.05, 0) is 28.1 Å². The van der Waals surface area contributed by atoms with E-state index in [2.05, 4.69) is 30.9 Å². The summed E-state index contributed by atoms with van der Waals surface area (Å²) in [5.74, 6) is -1.07. The van der Waals surface area contributed by atoms with Crippen molar-refractivity contribution < 1.29 is 14.6 Å². The number of aromatic carboxylic acids is 1. The molecule has 0 atom stereocenters. The van der Waals surface area contributed by atoms with E-state index in [0.29, 0.717) is 4.47 Å². The van der Waals surface area contributed by atoms with Crippen LogP contribution in [-0.2, 0) is 0 Å². The molecule has 0 saturated heterocycles. The van der Waals surface area contributed by atoms with Gasteiger partial charge in [0.2, 0.25) is 0 Å². The van der Waals surface area contributed by atoms with Crippen LogP contribution in [0, 0.1) is 0 Å². The van der Waals surface area contributed by atoms with Gasteiger partial charge < -0.3 is 9.84 Å². The van der Waals surface area contributed by atoms with Gasteiger partial charge in [-0.25, -0.2) is 19.7 Å². The smallest absolute Gasteiger partial charge is 0.358 e. The van der Waals surface area contributed by atoms with E-state index < -0.39 is 5.97 Å². The Morgan fingerprint density at radius 1 is 1.29 bits per heavy atom. The molecule has 17 heavy (non-hydrogen) atoms. The summed E-state index contributed by atoms with van der Waals surface area (Å²) in [6.45, 7) is 0. The molecule has 86 valence electrons. The Kier molecular flexibility index (Phi) is 3.29. The lowest BCUT2D eigenvalue weighted by atomic mass is 10.3. The fourth-order valence-corrected chi connectivity index (χ4v) is 1.29. The first-order valence-corrected chi connectivity index (χ1v) is 5.30. The molecular weight excluding hydrogens is 290 g/mol. The van der Waals surface area contributed by atoms with Gasteiger partial charge in [-0.15, -0.1) is 0 Å². The van der Waals surface area contributed by atoms with Crippen LogP contribution in [0.2, 0.25) is 0 Å². The van der Waals surface area contributed by atoms with E-state index >= 15 is 0 Å². The quantitative estimate of drug-likeness (QED) is 0.933. The maximum absolute atomic E-state index is 10.9. The van der Waals surface area contributed by atoms with Crippen molar-refractivity contribution in [2.24, 2.45) is 0 Å². The van der Waals surface area contributed by atoms with Crippen LogP contribution in [0.15, 0.2) is 35.2 Å². The summed E-state index contributed by atoms with van der Waals surface area (Å²) in [6.07, 6.45) is 4.37. The highest BCUT2D eigenvalue weighted by Crippen LogP contribution is 2.21. The molecule has 0 amide bonds. The third-order valence-electron chi connectivity index (χ3n) is 1.77. The lowest BCUT2D eigenvalue weighted by Gasteiger charge is -2.05. The standard InChI is InChI=1S/C10H6BrN3O3/c11-6-4-13-10(14-5-6)17-7-2-1-3-12-8(7)9(15)16/h1-5H,(H,15,16). The fraction of sp³-hybridized carbons (Fsp3) is 0. The third kappa shape index (κ3) is 2.76. The topological polar surface area (TPSA) is 85.2 Å². The fourth-order valence-electron chi connectivity index (χ4n) is 1.09. The van der Waals surface area contributed by atoms with Crippen molar-refractivity contribution in [2.45, 2.75) is 0 Å². The van der Waals surface area contributed by atoms with E-state index in [0.717, 1.165) is 0 Å². The normalized spacial score (nSPS) is 9.94. The molecule has 6 nitrogen and oxygen atoms in total. The Bertz CT molecular complexity index is 545. The summed E-state index contributed by atoms with van der Waals surface area (Å²) in [5.41, 5.74) is -0.181. The molecule has 2 heterocycles. The van der Waals surface area contributed by atoms with E-state index in [1.54, 1.807) is 6.07 Å². The van der Waals surface area contributed by atoms with Crippen molar-refractivity contribution in [3.63, 3.8) is 0 Å². The Balaban J connectivity index is 2.30. The molecule has 7 heteroatoms. The number of aromatic nitrogens is 3. The van der Waals surface area contributed by atoms with Gasteiger partial charge in [0, 0.05) is 18.6 Å². The van der Waals surface area contributed by atoms with Crippen LogP contribution in [0.1, 0.15) is 10.5 Å². The van der Waals surface area contributed by atoms with E-state index in [-0.39, 0.29) is 17.5 Å². The second-order valence-electron chi connectivity index (χ2n) is 2.94. The number of carboxylic acid groups (broad SMARTS) is 1. The number of ether oxygens (including phenoxy) is 1. The van der Waals surface area contributed by atoms with Gasteiger partial charge in [0.25, 0.3) is 0 Å². The summed E-state index contributed by atoms with van der Waals surface area (Å²) >= 11 is 3.18. The van der Waals surface area contributed by atoms with Gasteiger partial charge in [-0.1, -0.05) is 0 Å². The second-order valence-corrected chi connectivity index (χ2v) is 3.86. The number of carboxylic acids is 1. The van der Waals surface area contributed by atoms with Gasteiger partial charge in [0.1, 0.15) is 0 Å². The minimum atomic E-state index is -1.17. The molecule has 0 aliphatic heterocycles. The van der Waals surface area contributed by atoms with Crippen molar-refractivity contribution in [3.8, 4) is 11.8 Å². The zero-order valence-electron chi connectivity index (χ0n) is 8.37. The summed E-state index contributed by atoms with van der Waals surface area (Å²) < 4.78 is 5.94. The Morgan fingerprint density at radius 3 is 2.65 bits per heavy atom. The van der Waals surface area contributed by atoms with Crippen molar-refractivity contribution in [3.05, 3.63) is 40.9 Å². The number of carbonyl (C=O) groups is 1. The first-order chi connectivity index (χ1) is 8.16. The second kappa shape index (κ2) is 4.88. The molecule has 0 saturated carbocycles. The van der Waals surface area contributed by atoms with Gasteiger partial charge in [-0.2, -0.15) is 0 Å². The number of rotatable bonds is 3. The van der Waals surface area contributed by atoms with E-state index in [4.69, 9.17) is 9.84 Å². The molecule has 0 fully saturated rings. The zero-order valence-corrected chi connectivity index (χ0v) is 9.96. The average Bonchev–Trinajstić information content (AvgIpc) is 2.32. The zero-order chi connectivity index (χ0) is 12.3. The molecular formula is C10H6BrN3O3. The highest BCUT2D eigenvalue weighted by atomic mass is 79.9. The summed E-state index contributed by atoms with van der Waals surface area (Å²) in [7, 11) is 0. The summed E-state index contributed by atoms with van der Waals surface area (Å²) in [4.78, 5) is 22.3. The van der Waals surface area contributed by atoms with Gasteiger partial charge >= 0.3 is 12.0 Å². The first-order valence-electron chi connectivity index (χ1n) is 4.50. The molecule has 0 unspecified atom stereocenters. The average molecular weight is 296 g/mol. The Hall–Kier alpha value is -2.02. The van der Waals surface area contributed by atoms with Crippen LogP contribution in [0.25, 0.3) is 0 Å². The predicted octanol–water partition coefficient (Wildman–Crippen LogP) is 2.12. The molecule has 0 bridgehead atoms. The lowest BCUT2D eigenvalue weighted by molar-refractivity contribution is 0.0687. The monoisotopic (exact) mass is 295 g/mol. The molecule has 2 aromatic rings. The van der Waals surface area contributed by atoms with Crippen LogP contribution in [-0.4, -0.2) is 26.0 Å². The summed E-state index contributed by atoms with van der Waals surface area (Å²) in [6, 6.07) is 3.12. The minimum Gasteiger partial charge on any atom is -0.476 e. The molecule has 1 N–H and O–H groups in total. The van der Waals surface area contributed by atoms with Crippen molar-refractivity contribution in [1.82, 2.24) is 15.0 Å². The molecule has 2 rings (SSSR count). The first kappa shape index (κ1) is 11.5. The SMILES string of the molecule is O=C(O)c1ncccc1Oc1ncc(Br)cn1. The maximum atomic E-state index is 10.9. The number of hydrogen-bond donors (Lipinski definition) is 1. The van der Waals surface area contributed by atoms with E-state index in [1.807, 2.05) is 0 Å². The minimum absolute atomic E-state index is 0.0590. The van der Waals surface area contributed by atoms with E-state index in [1.165, 1.54) is 24.7 Å². The molecule has 2 aromatic heterocycles. The number of pyridine rings is 1. The molecule has 0 aromatic carbocycles. The molecule has 0 aliphatic carbocycles. The lowest BCUT2D eigenvalue weighted by Crippen LogP contribution is -2.03. The predicted molar refractivity (Wildman–Crippen MR) is 61.0 cm³/mol. The van der Waals surface area contributed by atoms with Crippen LogP contribution >= 0.6 is 15.9 Å². The molecule has 0 aliphatic rings. The van der Waals surface area contributed by atoms with Gasteiger partial charge in [0.15, 0.2) is 11.4 Å². The van der Waals surface area contributed by atoms with Crippen molar-refractivity contribution in [1.29, 1.82) is 0 Å². The van der Waals surface area contributed by atoms with Gasteiger partial charge in [0.05, 0.1) is 4.47 Å². The van der Waals surface area contributed by atoms with Crippen molar-refractivity contribution in [2.75, 3.05) is 0 Å². The van der Waals surface area contributed by atoms with Crippen LogP contribution < -0.4 is 4.74 Å². The number of nitrogens with zero attached hydrogens (tertiary/aromatic N) is 3. The van der Waals surface area contributed by atoms with Crippen LogP contribution in [0.5, 0.6) is 11.8 Å². The molecule has 0 spiro atoms. The number of hydrogen-bond acceptors (Lipinski definition) is 5. The van der Waals surface area contributed by atoms with Gasteiger partial charge in [-0.3, -0.25) is 0 Å². The third-order valence-corrected chi connectivity index (χ3v) is 2.18. The number of halogens is 1. The van der Waals surface area contributed by atoms with Crippen LogP contribution in [0.4, 0.5) is 0 Å². The Labute approximate surface area is 104 Å². The van der Waals surface area contributed by atoms with E-state index in [9.17, 15) is 4.79 Å².